The van der Waals surface area contributed by atoms with E-state index in [0.29, 0.717) is 11.7 Å². The summed E-state index contributed by atoms with van der Waals surface area (Å²) in [5.41, 5.74) is 3.65. The van der Waals surface area contributed by atoms with E-state index < -0.39 is 0 Å². The van der Waals surface area contributed by atoms with Gasteiger partial charge in [0.15, 0.2) is 5.11 Å². The minimum atomic E-state index is 0.512. The summed E-state index contributed by atoms with van der Waals surface area (Å²) in [7, 11) is 0. The molecular formula is C12H17N3OS. The first kappa shape index (κ1) is 13.4. The maximum Gasteiger partial charge on any atom is 0.186 e. The third-order valence-corrected chi connectivity index (χ3v) is 2.16. The van der Waals surface area contributed by atoms with Gasteiger partial charge in [0.2, 0.25) is 0 Å². The van der Waals surface area contributed by atoms with Gasteiger partial charge < -0.3 is 10.1 Å². The second-order valence-electron chi connectivity index (χ2n) is 3.20. The fourth-order valence-corrected chi connectivity index (χ4v) is 1.43. The van der Waals surface area contributed by atoms with Crippen LogP contribution in [0.15, 0.2) is 29.4 Å². The Labute approximate surface area is 107 Å². The lowest BCUT2D eigenvalue weighted by atomic mass is 10.2. The van der Waals surface area contributed by atoms with Crippen LogP contribution < -0.4 is 15.5 Å². The van der Waals surface area contributed by atoms with E-state index in [0.717, 1.165) is 17.9 Å². The van der Waals surface area contributed by atoms with Crippen molar-refractivity contribution >= 4 is 23.5 Å². The van der Waals surface area contributed by atoms with Gasteiger partial charge in [-0.05, 0) is 38.2 Å². The van der Waals surface area contributed by atoms with Crippen LogP contribution in [0.2, 0.25) is 0 Å². The Morgan fingerprint density at radius 2 is 2.18 bits per heavy atom. The van der Waals surface area contributed by atoms with Crippen molar-refractivity contribution in [3.8, 4) is 5.75 Å². The van der Waals surface area contributed by atoms with Crippen molar-refractivity contribution in [1.82, 2.24) is 10.7 Å². The van der Waals surface area contributed by atoms with E-state index in [1.54, 1.807) is 6.21 Å². The average Bonchev–Trinajstić information content (AvgIpc) is 2.32. The van der Waals surface area contributed by atoms with Gasteiger partial charge in [0.25, 0.3) is 0 Å². The number of benzene rings is 1. The third kappa shape index (κ3) is 4.82. The van der Waals surface area contributed by atoms with E-state index in [9.17, 15) is 0 Å². The summed E-state index contributed by atoms with van der Waals surface area (Å²) in [5, 5.41) is 7.50. The van der Waals surface area contributed by atoms with Gasteiger partial charge in [0, 0.05) is 12.1 Å². The van der Waals surface area contributed by atoms with E-state index in [1.165, 1.54) is 0 Å². The standard InChI is InChI=1S/C12H17N3OS/c1-3-13-12(17)15-14-9-10-7-5-6-8-11(10)16-4-2/h5-9H,3-4H2,1-2H3,(H2,13,15,17). The fourth-order valence-electron chi connectivity index (χ4n) is 1.23. The SMILES string of the molecule is CCNC(=S)NN=Cc1ccccc1OCC. The third-order valence-electron chi connectivity index (χ3n) is 1.93. The lowest BCUT2D eigenvalue weighted by Crippen LogP contribution is -2.31. The number of nitrogens with one attached hydrogen (secondary N) is 2. The van der Waals surface area contributed by atoms with Crippen LogP contribution in [0.5, 0.6) is 5.75 Å². The zero-order valence-corrected chi connectivity index (χ0v) is 10.9. The molecule has 4 nitrogen and oxygen atoms in total. The Hall–Kier alpha value is -1.62. The van der Waals surface area contributed by atoms with Crippen molar-refractivity contribution < 1.29 is 4.74 Å². The first-order valence-corrected chi connectivity index (χ1v) is 5.97. The van der Waals surface area contributed by atoms with Gasteiger partial charge in [0.1, 0.15) is 5.75 Å². The van der Waals surface area contributed by atoms with Crippen LogP contribution in [-0.4, -0.2) is 24.5 Å². The van der Waals surface area contributed by atoms with Crippen molar-refractivity contribution in [3.05, 3.63) is 29.8 Å². The molecule has 1 aromatic rings. The number of nitrogens with zero attached hydrogens (tertiary/aromatic N) is 1. The number of para-hydroxylation sites is 1. The number of thiocarbonyl (C=S) groups is 1. The first-order chi connectivity index (χ1) is 8.27. The number of hydrogen-bond donors (Lipinski definition) is 2. The molecule has 5 heteroatoms. The Kier molecular flexibility index (Phi) is 6.03. The van der Waals surface area contributed by atoms with Crippen molar-refractivity contribution in [2.75, 3.05) is 13.2 Å². The smallest absolute Gasteiger partial charge is 0.186 e. The quantitative estimate of drug-likeness (QED) is 0.477. The lowest BCUT2D eigenvalue weighted by molar-refractivity contribution is 0.340. The Morgan fingerprint density at radius 1 is 1.41 bits per heavy atom. The molecule has 0 radical (unpaired) electrons. The molecule has 0 heterocycles. The molecule has 0 aliphatic rings. The van der Waals surface area contributed by atoms with Crippen molar-refractivity contribution in [3.63, 3.8) is 0 Å². The predicted molar refractivity (Wildman–Crippen MR) is 74.6 cm³/mol. The van der Waals surface area contributed by atoms with Crippen LogP contribution in [0.25, 0.3) is 0 Å². The second kappa shape index (κ2) is 7.62. The maximum atomic E-state index is 5.47. The number of ether oxygens (including phenoxy) is 1. The Balaban J connectivity index is 2.61. The molecule has 2 N–H and O–H groups in total. The van der Waals surface area contributed by atoms with Crippen LogP contribution in [0.3, 0.4) is 0 Å². The zero-order chi connectivity index (χ0) is 12.5. The van der Waals surface area contributed by atoms with E-state index in [1.807, 2.05) is 38.1 Å². The summed E-state index contributed by atoms with van der Waals surface area (Å²) in [6.07, 6.45) is 1.69. The molecular weight excluding hydrogens is 234 g/mol. The molecule has 0 atom stereocenters. The molecule has 0 saturated carbocycles. The highest BCUT2D eigenvalue weighted by Gasteiger charge is 1.98. The normalized spacial score (nSPS) is 10.2. The summed E-state index contributed by atoms with van der Waals surface area (Å²) in [6, 6.07) is 7.71. The molecule has 92 valence electrons. The van der Waals surface area contributed by atoms with E-state index >= 15 is 0 Å². The first-order valence-electron chi connectivity index (χ1n) is 5.56. The summed E-state index contributed by atoms with van der Waals surface area (Å²) >= 11 is 4.99. The molecule has 0 aromatic heterocycles. The maximum absolute atomic E-state index is 5.47. The van der Waals surface area contributed by atoms with Gasteiger partial charge >= 0.3 is 0 Å². The molecule has 1 rings (SSSR count). The van der Waals surface area contributed by atoms with Crippen LogP contribution in [0, 0.1) is 0 Å². The molecule has 0 spiro atoms. The van der Waals surface area contributed by atoms with Crippen LogP contribution in [0.4, 0.5) is 0 Å². The van der Waals surface area contributed by atoms with E-state index in [2.05, 4.69) is 15.8 Å². The van der Waals surface area contributed by atoms with Crippen molar-refractivity contribution in [2.45, 2.75) is 13.8 Å². The molecule has 0 saturated heterocycles. The second-order valence-corrected chi connectivity index (χ2v) is 3.61. The molecule has 0 unspecified atom stereocenters. The van der Waals surface area contributed by atoms with Gasteiger partial charge in [0.05, 0.1) is 12.8 Å². The zero-order valence-electron chi connectivity index (χ0n) is 10.1. The highest BCUT2D eigenvalue weighted by molar-refractivity contribution is 7.80. The average molecular weight is 251 g/mol. The lowest BCUT2D eigenvalue weighted by Gasteiger charge is -2.06. The molecule has 1 aromatic carbocycles. The summed E-state index contributed by atoms with van der Waals surface area (Å²) in [5.74, 6) is 0.815. The van der Waals surface area contributed by atoms with Gasteiger partial charge in [-0.15, -0.1) is 0 Å². The topological polar surface area (TPSA) is 45.7 Å². The highest BCUT2D eigenvalue weighted by atomic mass is 32.1. The molecule has 17 heavy (non-hydrogen) atoms. The van der Waals surface area contributed by atoms with E-state index in [-0.39, 0.29) is 0 Å². The van der Waals surface area contributed by atoms with E-state index in [4.69, 9.17) is 17.0 Å². The minimum absolute atomic E-state index is 0.512. The monoisotopic (exact) mass is 251 g/mol. The molecule has 0 bridgehead atoms. The van der Waals surface area contributed by atoms with Crippen LogP contribution in [0.1, 0.15) is 19.4 Å². The van der Waals surface area contributed by atoms with Crippen molar-refractivity contribution in [2.24, 2.45) is 5.10 Å². The molecule has 0 aliphatic heterocycles. The summed E-state index contributed by atoms with van der Waals surface area (Å²) < 4.78 is 5.47. The summed E-state index contributed by atoms with van der Waals surface area (Å²) in [4.78, 5) is 0. The van der Waals surface area contributed by atoms with Gasteiger partial charge in [-0.2, -0.15) is 5.10 Å². The van der Waals surface area contributed by atoms with Crippen molar-refractivity contribution in [1.29, 1.82) is 0 Å². The molecule has 0 aliphatic carbocycles. The van der Waals surface area contributed by atoms with Crippen LogP contribution >= 0.6 is 12.2 Å². The minimum Gasteiger partial charge on any atom is -0.493 e. The predicted octanol–water partition coefficient (Wildman–Crippen LogP) is 1.90. The molecule has 0 amide bonds. The number of hydrazone groups is 1. The highest BCUT2D eigenvalue weighted by Crippen LogP contribution is 2.15. The number of hydrogen-bond acceptors (Lipinski definition) is 3. The summed E-state index contributed by atoms with van der Waals surface area (Å²) in [6.45, 7) is 5.33. The van der Waals surface area contributed by atoms with Gasteiger partial charge in [-0.3, -0.25) is 5.43 Å². The largest absolute Gasteiger partial charge is 0.493 e. The Bertz CT molecular complexity index is 393. The van der Waals surface area contributed by atoms with Gasteiger partial charge in [-0.1, -0.05) is 12.1 Å². The van der Waals surface area contributed by atoms with Gasteiger partial charge in [-0.25, -0.2) is 0 Å². The molecule has 0 fully saturated rings. The fraction of sp³-hybridized carbons (Fsp3) is 0.333. The number of rotatable bonds is 5. The van der Waals surface area contributed by atoms with Crippen LogP contribution in [-0.2, 0) is 0 Å². The Morgan fingerprint density at radius 3 is 2.88 bits per heavy atom.